The zero-order valence-corrected chi connectivity index (χ0v) is 21.8. The molecule has 0 spiro atoms. The zero-order valence-electron chi connectivity index (χ0n) is 20.2. The van der Waals surface area contributed by atoms with E-state index >= 15 is 0 Å². The number of methoxy groups -OCH3 is 2. The van der Waals surface area contributed by atoms with E-state index < -0.39 is 12.0 Å². The molecule has 7 nitrogen and oxygen atoms in total. The van der Waals surface area contributed by atoms with Crippen LogP contribution < -0.4 is 24.4 Å². The quantitative estimate of drug-likeness (QED) is 0.357. The van der Waals surface area contributed by atoms with Crippen LogP contribution in [0.15, 0.2) is 68.4 Å². The number of allylic oxidation sites excluding steroid dienone is 1. The number of esters is 1. The predicted octanol–water partition coefficient (Wildman–Crippen LogP) is 3.54. The first-order valence-corrected chi connectivity index (χ1v) is 13.0. The minimum Gasteiger partial charge on any atom is -0.497 e. The molecule has 0 N–H and O–H groups in total. The van der Waals surface area contributed by atoms with Crippen molar-refractivity contribution in [3.63, 3.8) is 0 Å². The van der Waals surface area contributed by atoms with Gasteiger partial charge < -0.3 is 14.2 Å². The molecule has 1 aliphatic rings. The van der Waals surface area contributed by atoms with E-state index in [9.17, 15) is 9.59 Å². The van der Waals surface area contributed by atoms with Gasteiger partial charge in [-0.3, -0.25) is 9.36 Å². The third-order valence-electron chi connectivity index (χ3n) is 5.67. The summed E-state index contributed by atoms with van der Waals surface area (Å²) in [6.45, 7) is 3.76. The Morgan fingerprint density at radius 1 is 1.17 bits per heavy atom. The van der Waals surface area contributed by atoms with Crippen molar-refractivity contribution in [3.8, 4) is 11.5 Å². The molecular weight excluding hydrogens is 484 g/mol. The van der Waals surface area contributed by atoms with Crippen LogP contribution in [0.4, 0.5) is 0 Å². The van der Waals surface area contributed by atoms with Gasteiger partial charge in [-0.1, -0.05) is 23.5 Å². The lowest BCUT2D eigenvalue weighted by Gasteiger charge is -2.24. The minimum atomic E-state index is -0.643. The molecule has 35 heavy (non-hydrogen) atoms. The van der Waals surface area contributed by atoms with Gasteiger partial charge in [-0.05, 0) is 62.1 Å². The summed E-state index contributed by atoms with van der Waals surface area (Å²) < 4.78 is 18.2. The number of benzene rings is 2. The molecule has 3 aromatic rings. The largest absolute Gasteiger partial charge is 0.497 e. The molecule has 4 rings (SSSR count). The monoisotopic (exact) mass is 510 g/mol. The Balaban J connectivity index is 1.95. The van der Waals surface area contributed by atoms with Crippen molar-refractivity contribution in [2.24, 2.45) is 4.99 Å². The summed E-state index contributed by atoms with van der Waals surface area (Å²) in [5.41, 5.74) is 2.17. The number of carbonyl (C=O) groups excluding carboxylic acids is 1. The lowest BCUT2D eigenvalue weighted by molar-refractivity contribution is -0.139. The molecule has 182 valence electrons. The summed E-state index contributed by atoms with van der Waals surface area (Å²) in [6, 6.07) is 12.6. The topological polar surface area (TPSA) is 79.1 Å². The van der Waals surface area contributed by atoms with Crippen molar-refractivity contribution in [3.05, 3.63) is 84.5 Å². The lowest BCUT2D eigenvalue weighted by atomic mass is 9.96. The van der Waals surface area contributed by atoms with E-state index in [1.165, 1.54) is 11.3 Å². The van der Waals surface area contributed by atoms with Crippen molar-refractivity contribution >= 4 is 35.1 Å². The lowest BCUT2D eigenvalue weighted by Crippen LogP contribution is -2.39. The molecule has 0 saturated heterocycles. The van der Waals surface area contributed by atoms with Crippen LogP contribution in [0.5, 0.6) is 11.5 Å². The molecule has 0 unspecified atom stereocenters. The number of thiazole rings is 1. The van der Waals surface area contributed by atoms with Gasteiger partial charge in [0.15, 0.2) is 4.80 Å². The van der Waals surface area contributed by atoms with Crippen LogP contribution in [0, 0.1) is 0 Å². The van der Waals surface area contributed by atoms with Crippen molar-refractivity contribution < 1.29 is 19.0 Å². The summed E-state index contributed by atoms with van der Waals surface area (Å²) >= 11 is 2.89. The van der Waals surface area contributed by atoms with Crippen LogP contribution in [-0.2, 0) is 9.53 Å². The second-order valence-electron chi connectivity index (χ2n) is 7.68. The molecule has 2 aromatic carbocycles. The number of rotatable bonds is 7. The Hall–Kier alpha value is -3.30. The highest BCUT2D eigenvalue weighted by Gasteiger charge is 2.33. The molecule has 2 heterocycles. The maximum absolute atomic E-state index is 13.7. The molecule has 0 saturated carbocycles. The van der Waals surface area contributed by atoms with Gasteiger partial charge in [-0.25, -0.2) is 9.79 Å². The Labute approximate surface area is 211 Å². The maximum atomic E-state index is 13.7. The Bertz CT molecular complexity index is 1470. The standard InChI is InChI=1S/C26H26N2O5S2/c1-6-33-25(30)22-15(2)27-26-28(23(22)16-7-10-19(34-5)11-8-16)24(29)21(35-26)14-17-13-18(31-3)9-12-20(17)32-4/h7-14,23H,6H2,1-5H3/b21-14-/t23-/m0/s1. The molecule has 1 aromatic heterocycles. The maximum Gasteiger partial charge on any atom is 0.338 e. The summed E-state index contributed by atoms with van der Waals surface area (Å²) in [5, 5.41) is 0. The van der Waals surface area contributed by atoms with E-state index in [2.05, 4.69) is 4.99 Å². The first kappa shape index (κ1) is 24.8. The van der Waals surface area contributed by atoms with Crippen molar-refractivity contribution in [1.82, 2.24) is 4.57 Å². The number of ether oxygens (including phenoxy) is 3. The van der Waals surface area contributed by atoms with Gasteiger partial charge in [-0.15, -0.1) is 11.8 Å². The van der Waals surface area contributed by atoms with Gasteiger partial charge in [0, 0.05) is 10.5 Å². The van der Waals surface area contributed by atoms with Gasteiger partial charge in [0.1, 0.15) is 11.5 Å². The van der Waals surface area contributed by atoms with Crippen molar-refractivity contribution in [2.45, 2.75) is 24.8 Å². The average Bonchev–Trinajstić information content (AvgIpc) is 3.17. The van der Waals surface area contributed by atoms with Gasteiger partial charge >= 0.3 is 5.97 Å². The second kappa shape index (κ2) is 10.5. The number of fused-ring (bicyclic) bond motifs is 1. The van der Waals surface area contributed by atoms with Crippen LogP contribution in [0.1, 0.15) is 31.0 Å². The highest BCUT2D eigenvalue weighted by Crippen LogP contribution is 2.32. The molecule has 0 aliphatic carbocycles. The van der Waals surface area contributed by atoms with Gasteiger partial charge in [-0.2, -0.15) is 0 Å². The number of hydrogen-bond acceptors (Lipinski definition) is 8. The van der Waals surface area contributed by atoms with E-state index in [1.54, 1.807) is 62.6 Å². The highest BCUT2D eigenvalue weighted by molar-refractivity contribution is 7.98. The van der Waals surface area contributed by atoms with Crippen LogP contribution in [0.2, 0.25) is 0 Å². The molecule has 0 amide bonds. The fraction of sp³-hybridized carbons (Fsp3) is 0.269. The van der Waals surface area contributed by atoms with Crippen LogP contribution in [-0.4, -0.2) is 37.6 Å². The summed E-state index contributed by atoms with van der Waals surface area (Å²) in [5.74, 6) is 0.790. The predicted molar refractivity (Wildman–Crippen MR) is 138 cm³/mol. The fourth-order valence-electron chi connectivity index (χ4n) is 3.99. The first-order chi connectivity index (χ1) is 16.9. The fourth-order valence-corrected chi connectivity index (χ4v) is 5.43. The minimum absolute atomic E-state index is 0.230. The number of carbonyl (C=O) groups is 1. The SMILES string of the molecule is CCOC(=O)C1=C(C)N=c2s/c(=C\c3cc(OC)ccc3OC)c(=O)n2[C@H]1c1ccc(SC)cc1. The highest BCUT2D eigenvalue weighted by atomic mass is 32.2. The van der Waals surface area contributed by atoms with Gasteiger partial charge in [0.05, 0.1) is 42.7 Å². The first-order valence-electron chi connectivity index (χ1n) is 11.0. The van der Waals surface area contributed by atoms with Crippen molar-refractivity contribution in [1.29, 1.82) is 0 Å². The Morgan fingerprint density at radius 3 is 2.54 bits per heavy atom. The Morgan fingerprint density at radius 2 is 1.91 bits per heavy atom. The third-order valence-corrected chi connectivity index (χ3v) is 7.40. The van der Waals surface area contributed by atoms with Crippen LogP contribution in [0.25, 0.3) is 6.08 Å². The summed E-state index contributed by atoms with van der Waals surface area (Å²) in [6.07, 6.45) is 3.77. The smallest absolute Gasteiger partial charge is 0.338 e. The Kier molecular flexibility index (Phi) is 7.47. The second-order valence-corrected chi connectivity index (χ2v) is 9.57. The molecular formula is C26H26N2O5S2. The van der Waals surface area contributed by atoms with E-state index in [0.29, 0.717) is 37.7 Å². The van der Waals surface area contributed by atoms with Crippen LogP contribution >= 0.6 is 23.1 Å². The molecule has 1 atom stereocenters. The molecule has 1 aliphatic heterocycles. The number of aromatic nitrogens is 1. The normalized spacial score (nSPS) is 15.5. The van der Waals surface area contributed by atoms with Crippen molar-refractivity contribution in [2.75, 3.05) is 27.1 Å². The molecule has 0 radical (unpaired) electrons. The number of nitrogens with zero attached hydrogens (tertiary/aromatic N) is 2. The molecule has 0 bridgehead atoms. The number of thioether (sulfide) groups is 1. The van der Waals surface area contributed by atoms with Gasteiger partial charge in [0.2, 0.25) is 0 Å². The van der Waals surface area contributed by atoms with E-state index in [4.69, 9.17) is 14.2 Å². The third kappa shape index (κ3) is 4.78. The summed E-state index contributed by atoms with van der Waals surface area (Å²) in [7, 11) is 3.16. The molecule has 0 fully saturated rings. The average molecular weight is 511 g/mol. The molecule has 9 heteroatoms. The number of hydrogen-bond donors (Lipinski definition) is 0. The zero-order chi connectivity index (χ0) is 25.1. The van der Waals surface area contributed by atoms with Gasteiger partial charge in [0.25, 0.3) is 5.56 Å². The van der Waals surface area contributed by atoms with Crippen LogP contribution in [0.3, 0.4) is 0 Å². The van der Waals surface area contributed by atoms with E-state index in [1.807, 2.05) is 36.6 Å². The summed E-state index contributed by atoms with van der Waals surface area (Å²) in [4.78, 5) is 33.0. The van der Waals surface area contributed by atoms with E-state index in [-0.39, 0.29) is 12.2 Å². The van der Waals surface area contributed by atoms with E-state index in [0.717, 1.165) is 10.5 Å².